The predicted molar refractivity (Wildman–Crippen MR) is 193 cm³/mol. The van der Waals surface area contributed by atoms with Gasteiger partial charge in [-0.25, -0.2) is 0 Å². The summed E-state index contributed by atoms with van der Waals surface area (Å²) in [4.78, 5) is 0. The maximum atomic E-state index is 11.3. The number of hydrogen-bond donors (Lipinski definition) is 2. The minimum absolute atomic E-state index is 0.195. The van der Waals surface area contributed by atoms with E-state index in [9.17, 15) is 10.2 Å². The lowest BCUT2D eigenvalue weighted by molar-refractivity contribution is 0.422. The van der Waals surface area contributed by atoms with E-state index in [-0.39, 0.29) is 21.7 Å². The zero-order valence-corrected chi connectivity index (χ0v) is 29.7. The molecule has 0 bridgehead atoms. The number of rotatable bonds is 2. The summed E-state index contributed by atoms with van der Waals surface area (Å²) >= 11 is 0. The van der Waals surface area contributed by atoms with Gasteiger partial charge >= 0.3 is 0 Å². The topological polar surface area (TPSA) is 40.5 Å². The Morgan fingerprint density at radius 3 is 1.27 bits per heavy atom. The van der Waals surface area contributed by atoms with Gasteiger partial charge in [-0.05, 0) is 105 Å². The van der Waals surface area contributed by atoms with Crippen LogP contribution in [0.25, 0.3) is 22.3 Å². The zero-order valence-electron chi connectivity index (χ0n) is 29.7. The maximum absolute atomic E-state index is 11.3. The molecule has 0 aliphatic heterocycles. The fourth-order valence-electron chi connectivity index (χ4n) is 5.81. The van der Waals surface area contributed by atoms with Crippen LogP contribution in [0.15, 0.2) is 66.7 Å². The highest BCUT2D eigenvalue weighted by molar-refractivity contribution is 5.74. The van der Waals surface area contributed by atoms with Crippen molar-refractivity contribution in [2.45, 2.75) is 112 Å². The molecule has 0 saturated heterocycles. The summed E-state index contributed by atoms with van der Waals surface area (Å²) < 4.78 is 0. The van der Waals surface area contributed by atoms with Gasteiger partial charge in [0, 0.05) is 33.4 Å². The van der Waals surface area contributed by atoms with E-state index in [1.807, 2.05) is 6.07 Å². The minimum Gasteiger partial charge on any atom is -0.507 e. The molecule has 2 heteroatoms. The van der Waals surface area contributed by atoms with Gasteiger partial charge in [-0.15, -0.1) is 0 Å². The van der Waals surface area contributed by atoms with E-state index in [1.165, 1.54) is 5.56 Å². The number of aryl methyl sites for hydroxylation is 1. The Bertz CT molecular complexity index is 1730. The van der Waals surface area contributed by atoms with E-state index in [1.54, 1.807) is 0 Å². The van der Waals surface area contributed by atoms with Crippen LogP contribution in [0.1, 0.15) is 122 Å². The molecule has 4 aromatic rings. The molecule has 0 spiro atoms. The quantitative estimate of drug-likeness (QED) is 0.225. The Morgan fingerprint density at radius 2 is 0.844 bits per heavy atom. The highest BCUT2D eigenvalue weighted by Gasteiger charge is 2.28. The number of phenolic OH excluding ortho intramolecular Hbond substituents is 2. The van der Waals surface area contributed by atoms with Gasteiger partial charge in [0.25, 0.3) is 0 Å². The van der Waals surface area contributed by atoms with Gasteiger partial charge in [-0.3, -0.25) is 0 Å². The lowest BCUT2D eigenvalue weighted by Gasteiger charge is -2.28. The highest BCUT2D eigenvalue weighted by atomic mass is 16.3. The second-order valence-corrected chi connectivity index (χ2v) is 16.7. The Morgan fingerprint density at radius 1 is 0.444 bits per heavy atom. The van der Waals surface area contributed by atoms with Crippen LogP contribution in [0.3, 0.4) is 0 Å². The molecule has 0 unspecified atom stereocenters. The summed E-state index contributed by atoms with van der Waals surface area (Å²) in [5, 5.41) is 22.5. The van der Waals surface area contributed by atoms with Gasteiger partial charge in [0.15, 0.2) is 0 Å². The second-order valence-electron chi connectivity index (χ2n) is 16.7. The molecule has 0 aliphatic rings. The third-order valence-electron chi connectivity index (χ3n) is 8.55. The molecule has 0 amide bonds. The number of aromatic hydroxyl groups is 2. The number of phenols is 2. The average molecular weight is 601 g/mol. The fraction of sp³-hybridized carbons (Fsp3) is 0.395. The van der Waals surface area contributed by atoms with Crippen molar-refractivity contribution in [1.82, 2.24) is 0 Å². The van der Waals surface area contributed by atoms with Crippen LogP contribution < -0.4 is 0 Å². The standard InChI is InChI=1S/C43H52O2/c1-27-17-18-29(22-33(27)32-25-36(42(8,9)10)39(45)37(26-32)43(11,12)13)20-19-28-15-14-16-30(21-28)31-23-34(40(2,3)4)38(44)35(24-31)41(5,6)7/h14-18,21-26,44-45H,1-13H3. The van der Waals surface area contributed by atoms with Crippen LogP contribution >= 0.6 is 0 Å². The molecule has 0 atom stereocenters. The van der Waals surface area contributed by atoms with E-state index >= 15 is 0 Å². The van der Waals surface area contributed by atoms with Crippen molar-refractivity contribution >= 4 is 0 Å². The molecule has 45 heavy (non-hydrogen) atoms. The Balaban J connectivity index is 1.79. The van der Waals surface area contributed by atoms with Crippen LogP contribution in [-0.2, 0) is 21.7 Å². The number of hydrogen-bond acceptors (Lipinski definition) is 2. The third-order valence-corrected chi connectivity index (χ3v) is 8.55. The van der Waals surface area contributed by atoms with Crippen molar-refractivity contribution in [3.05, 3.63) is 106 Å². The van der Waals surface area contributed by atoms with Gasteiger partial charge in [0.2, 0.25) is 0 Å². The minimum atomic E-state index is -0.199. The molecule has 0 radical (unpaired) electrons. The summed E-state index contributed by atoms with van der Waals surface area (Å²) in [6.07, 6.45) is 0. The summed E-state index contributed by atoms with van der Waals surface area (Å²) in [6, 6.07) is 23.3. The molecule has 0 heterocycles. The van der Waals surface area contributed by atoms with Gasteiger partial charge in [-0.1, -0.05) is 113 Å². The van der Waals surface area contributed by atoms with Crippen LogP contribution in [0.2, 0.25) is 0 Å². The zero-order chi connectivity index (χ0) is 33.7. The SMILES string of the molecule is Cc1ccc(C#Cc2cccc(-c3cc(C(C)(C)C)c(O)c(C(C)(C)C)c3)c2)cc1-c1cc(C(C)(C)C)c(O)c(C(C)(C)C)c1. The molecule has 4 rings (SSSR count). The Labute approximate surface area is 272 Å². The molecule has 2 N–H and O–H groups in total. The highest BCUT2D eigenvalue weighted by Crippen LogP contribution is 2.44. The lowest BCUT2D eigenvalue weighted by atomic mass is 9.77. The van der Waals surface area contributed by atoms with E-state index in [2.05, 4.69) is 163 Å². The van der Waals surface area contributed by atoms with Gasteiger partial charge in [0.05, 0.1) is 0 Å². The fourth-order valence-corrected chi connectivity index (χ4v) is 5.81. The van der Waals surface area contributed by atoms with E-state index in [4.69, 9.17) is 0 Å². The van der Waals surface area contributed by atoms with Gasteiger partial charge in [-0.2, -0.15) is 0 Å². The Hall–Kier alpha value is -3.96. The summed E-state index contributed by atoms with van der Waals surface area (Å²) in [7, 11) is 0. The molecule has 0 saturated carbocycles. The summed E-state index contributed by atoms with van der Waals surface area (Å²) in [5.41, 5.74) is 10.5. The first kappa shape index (κ1) is 33.9. The number of benzene rings is 4. The lowest BCUT2D eigenvalue weighted by Crippen LogP contribution is -2.17. The van der Waals surface area contributed by atoms with E-state index < -0.39 is 0 Å². The first-order valence-electron chi connectivity index (χ1n) is 16.1. The molecular formula is C43H52O2. The summed E-state index contributed by atoms with van der Waals surface area (Å²) in [5.74, 6) is 7.62. The average Bonchev–Trinajstić information content (AvgIpc) is 2.90. The first-order valence-corrected chi connectivity index (χ1v) is 16.1. The molecule has 0 fully saturated rings. The molecule has 0 aliphatic carbocycles. The second kappa shape index (κ2) is 11.8. The molecule has 236 valence electrons. The van der Waals surface area contributed by atoms with Gasteiger partial charge < -0.3 is 10.2 Å². The van der Waals surface area contributed by atoms with Crippen LogP contribution in [0.5, 0.6) is 11.5 Å². The van der Waals surface area contributed by atoms with Crippen molar-refractivity contribution < 1.29 is 10.2 Å². The normalized spacial score (nSPS) is 12.6. The van der Waals surface area contributed by atoms with Crippen molar-refractivity contribution in [2.24, 2.45) is 0 Å². The first-order chi connectivity index (χ1) is 20.6. The van der Waals surface area contributed by atoms with Crippen LogP contribution in [0.4, 0.5) is 0 Å². The maximum Gasteiger partial charge on any atom is 0.123 e. The molecule has 0 aromatic heterocycles. The summed E-state index contributed by atoms with van der Waals surface area (Å²) in [6.45, 7) is 27.9. The largest absolute Gasteiger partial charge is 0.507 e. The Kier molecular flexibility index (Phi) is 8.86. The predicted octanol–water partition coefficient (Wildman–Crippen LogP) is 11.3. The van der Waals surface area contributed by atoms with E-state index in [0.29, 0.717) is 11.5 Å². The third kappa shape index (κ3) is 7.48. The van der Waals surface area contributed by atoms with Crippen molar-refractivity contribution in [3.63, 3.8) is 0 Å². The van der Waals surface area contributed by atoms with Crippen molar-refractivity contribution in [2.75, 3.05) is 0 Å². The molecule has 2 nitrogen and oxygen atoms in total. The van der Waals surface area contributed by atoms with E-state index in [0.717, 1.165) is 55.6 Å². The van der Waals surface area contributed by atoms with Gasteiger partial charge in [0.1, 0.15) is 11.5 Å². The van der Waals surface area contributed by atoms with Crippen LogP contribution in [0, 0.1) is 18.8 Å². The van der Waals surface area contributed by atoms with Crippen molar-refractivity contribution in [3.8, 4) is 45.6 Å². The molecular weight excluding hydrogens is 548 g/mol. The van der Waals surface area contributed by atoms with Crippen molar-refractivity contribution in [1.29, 1.82) is 0 Å². The molecule has 4 aromatic carbocycles. The monoisotopic (exact) mass is 600 g/mol. The van der Waals surface area contributed by atoms with Crippen LogP contribution in [-0.4, -0.2) is 10.2 Å². The smallest absolute Gasteiger partial charge is 0.123 e.